The molecule has 31 heavy (non-hydrogen) atoms. The maximum atomic E-state index is 13.0. The second-order valence-corrected chi connectivity index (χ2v) is 8.38. The third kappa shape index (κ3) is 4.77. The molecule has 0 fully saturated rings. The Morgan fingerprint density at radius 3 is 2.90 bits per heavy atom. The Bertz CT molecular complexity index is 1230. The first-order valence-corrected chi connectivity index (χ1v) is 10.6. The van der Waals surface area contributed by atoms with E-state index < -0.39 is 5.97 Å². The molecular formula is C20H22N7O3S+. The molecule has 3 heterocycles. The summed E-state index contributed by atoms with van der Waals surface area (Å²) in [4.78, 5) is 37.1. The van der Waals surface area contributed by atoms with E-state index in [1.807, 2.05) is 32.0 Å². The van der Waals surface area contributed by atoms with Gasteiger partial charge in [-0.25, -0.2) is 14.8 Å². The summed E-state index contributed by atoms with van der Waals surface area (Å²) >= 11 is 1.28. The van der Waals surface area contributed by atoms with Crippen LogP contribution >= 0.6 is 11.3 Å². The number of H-pyrrole nitrogens is 2. The molecule has 0 radical (unpaired) electrons. The quantitative estimate of drug-likeness (QED) is 0.358. The average molecular weight is 441 g/mol. The van der Waals surface area contributed by atoms with Crippen molar-refractivity contribution in [3.05, 3.63) is 58.1 Å². The highest BCUT2D eigenvalue weighted by atomic mass is 32.1. The van der Waals surface area contributed by atoms with Crippen LogP contribution < -0.4 is 4.68 Å². The predicted octanol–water partition coefficient (Wildman–Crippen LogP) is 1.76. The van der Waals surface area contributed by atoms with Crippen molar-refractivity contribution < 1.29 is 19.4 Å². The first-order valence-electron chi connectivity index (χ1n) is 9.72. The van der Waals surface area contributed by atoms with Gasteiger partial charge in [0.1, 0.15) is 5.01 Å². The van der Waals surface area contributed by atoms with Crippen LogP contribution in [0.25, 0.3) is 11.0 Å². The van der Waals surface area contributed by atoms with Gasteiger partial charge in [-0.2, -0.15) is 4.68 Å². The fourth-order valence-electron chi connectivity index (χ4n) is 3.25. The third-order valence-electron chi connectivity index (χ3n) is 4.82. The highest BCUT2D eigenvalue weighted by molar-refractivity contribution is 7.09. The highest BCUT2D eigenvalue weighted by Crippen LogP contribution is 2.15. The molecule has 0 aliphatic carbocycles. The lowest BCUT2D eigenvalue weighted by atomic mass is 10.1. The maximum absolute atomic E-state index is 13.0. The normalized spacial score (nSPS) is 11.3. The zero-order valence-corrected chi connectivity index (χ0v) is 17.9. The Morgan fingerprint density at radius 2 is 2.16 bits per heavy atom. The highest BCUT2D eigenvalue weighted by Gasteiger charge is 2.22. The Balaban J connectivity index is 1.42. The first kappa shape index (κ1) is 20.7. The summed E-state index contributed by atoms with van der Waals surface area (Å²) in [5, 5.41) is 18.3. The van der Waals surface area contributed by atoms with Crippen LogP contribution in [-0.2, 0) is 24.3 Å². The lowest BCUT2D eigenvalue weighted by Crippen LogP contribution is -2.38. The Hall–Kier alpha value is -3.60. The van der Waals surface area contributed by atoms with Crippen molar-refractivity contribution in [2.24, 2.45) is 0 Å². The van der Waals surface area contributed by atoms with Gasteiger partial charge in [-0.15, -0.1) is 11.3 Å². The lowest BCUT2D eigenvalue weighted by Gasteiger charge is -2.25. The van der Waals surface area contributed by atoms with Gasteiger partial charge in [0, 0.05) is 16.5 Å². The number of benzene rings is 1. The number of carboxylic acids is 1. The molecule has 10 nitrogen and oxygen atoms in total. The van der Waals surface area contributed by atoms with Crippen LogP contribution in [0, 0.1) is 0 Å². The maximum Gasteiger partial charge on any atom is 0.355 e. The summed E-state index contributed by atoms with van der Waals surface area (Å²) in [6, 6.07) is 5.77. The predicted molar refractivity (Wildman–Crippen MR) is 112 cm³/mol. The SMILES string of the molecule is CC(C)N(Cc1c[n+](Cc2nc(C(=O)O)cs2)[nH]n1)C(=O)Cc1ccc2nc[nH]c2c1. The molecule has 0 aliphatic rings. The molecule has 0 bridgehead atoms. The zero-order chi connectivity index (χ0) is 22.0. The number of hydrogen-bond acceptors (Lipinski definition) is 6. The zero-order valence-electron chi connectivity index (χ0n) is 17.1. The number of hydrogen-bond donors (Lipinski definition) is 3. The molecule has 1 aromatic carbocycles. The van der Waals surface area contributed by atoms with Crippen LogP contribution in [0.1, 0.15) is 40.6 Å². The summed E-state index contributed by atoms with van der Waals surface area (Å²) in [6.45, 7) is 4.69. The van der Waals surface area contributed by atoms with Crippen LogP contribution in [0.15, 0.2) is 36.1 Å². The molecule has 4 rings (SSSR count). The Kier molecular flexibility index (Phi) is 5.76. The van der Waals surface area contributed by atoms with Gasteiger partial charge in [-0.1, -0.05) is 11.3 Å². The average Bonchev–Trinajstić information content (AvgIpc) is 3.46. The standard InChI is InChI=1S/C20H21N7O3S/c1-12(2)27(19(28)6-13-3-4-15-16(5-13)22-11-21-15)8-14-7-26(25-24-14)9-18-23-17(10-31-18)20(29)30/h3-5,7,10-12H,6,8-9H2,1-2H3,(H2,21,22,29,30)/p+1. The minimum atomic E-state index is -1.05. The topological polar surface area (TPSA) is 132 Å². The molecule has 11 heteroatoms. The summed E-state index contributed by atoms with van der Waals surface area (Å²) in [5.41, 5.74) is 3.44. The van der Waals surface area contributed by atoms with Crippen molar-refractivity contribution in [1.29, 1.82) is 0 Å². The molecule has 3 aromatic heterocycles. The second kappa shape index (κ2) is 8.64. The Labute approximate surface area is 181 Å². The number of aromatic nitrogens is 6. The van der Waals surface area contributed by atoms with E-state index in [0.717, 1.165) is 16.6 Å². The molecule has 0 unspecified atom stereocenters. The molecule has 0 atom stereocenters. The molecular weight excluding hydrogens is 418 g/mol. The molecule has 0 saturated carbocycles. The van der Waals surface area contributed by atoms with Gasteiger partial charge >= 0.3 is 5.97 Å². The van der Waals surface area contributed by atoms with E-state index >= 15 is 0 Å². The van der Waals surface area contributed by atoms with Gasteiger partial charge in [0.05, 0.1) is 30.3 Å². The lowest BCUT2D eigenvalue weighted by molar-refractivity contribution is -0.745. The minimum Gasteiger partial charge on any atom is -0.476 e. The number of aromatic amines is 2. The fourth-order valence-corrected chi connectivity index (χ4v) is 4.02. The van der Waals surface area contributed by atoms with Crippen LogP contribution in [0.4, 0.5) is 0 Å². The number of nitrogens with zero attached hydrogens (tertiary/aromatic N) is 5. The van der Waals surface area contributed by atoms with Crippen molar-refractivity contribution in [2.45, 2.75) is 39.4 Å². The summed E-state index contributed by atoms with van der Waals surface area (Å²) in [5.74, 6) is -1.04. The number of nitrogens with one attached hydrogen (secondary N) is 2. The van der Waals surface area contributed by atoms with Gasteiger partial charge < -0.3 is 15.0 Å². The number of imidazole rings is 1. The van der Waals surface area contributed by atoms with Crippen LogP contribution in [-0.4, -0.2) is 53.2 Å². The molecule has 0 saturated heterocycles. The molecule has 160 valence electrons. The van der Waals surface area contributed by atoms with Crippen molar-refractivity contribution in [3.63, 3.8) is 0 Å². The van der Waals surface area contributed by atoms with Crippen molar-refractivity contribution in [3.8, 4) is 0 Å². The monoisotopic (exact) mass is 440 g/mol. The number of aromatic carboxylic acids is 1. The number of carbonyl (C=O) groups is 2. The molecule has 1 amide bonds. The number of amides is 1. The van der Waals surface area contributed by atoms with Crippen LogP contribution in [0.3, 0.4) is 0 Å². The van der Waals surface area contributed by atoms with Gasteiger partial charge in [-0.05, 0) is 31.5 Å². The van der Waals surface area contributed by atoms with Gasteiger partial charge in [0.25, 0.3) is 0 Å². The third-order valence-corrected chi connectivity index (χ3v) is 5.65. The number of fused-ring (bicyclic) bond motifs is 1. The number of carbonyl (C=O) groups excluding carboxylic acids is 1. The molecule has 3 N–H and O–H groups in total. The number of rotatable bonds is 8. The van der Waals surface area contributed by atoms with E-state index in [4.69, 9.17) is 5.11 Å². The van der Waals surface area contributed by atoms with E-state index in [2.05, 4.69) is 25.3 Å². The Morgan fingerprint density at radius 1 is 1.32 bits per heavy atom. The molecule has 4 aromatic rings. The fraction of sp³-hybridized carbons (Fsp3) is 0.300. The smallest absolute Gasteiger partial charge is 0.355 e. The summed E-state index contributed by atoms with van der Waals surface area (Å²) in [7, 11) is 0. The van der Waals surface area contributed by atoms with E-state index in [1.165, 1.54) is 16.7 Å². The molecule has 0 spiro atoms. The van der Waals surface area contributed by atoms with E-state index in [1.54, 1.807) is 22.1 Å². The van der Waals surface area contributed by atoms with Crippen molar-refractivity contribution in [1.82, 2.24) is 30.2 Å². The van der Waals surface area contributed by atoms with Crippen LogP contribution in [0.5, 0.6) is 0 Å². The van der Waals surface area contributed by atoms with E-state index in [9.17, 15) is 9.59 Å². The van der Waals surface area contributed by atoms with Crippen molar-refractivity contribution >= 4 is 34.2 Å². The molecule has 0 aliphatic heterocycles. The largest absolute Gasteiger partial charge is 0.476 e. The first-order chi connectivity index (χ1) is 14.9. The second-order valence-electron chi connectivity index (χ2n) is 7.44. The van der Waals surface area contributed by atoms with Crippen LogP contribution in [0.2, 0.25) is 0 Å². The van der Waals surface area contributed by atoms with E-state index in [-0.39, 0.29) is 24.1 Å². The number of carboxylic acid groups (broad SMARTS) is 1. The van der Waals surface area contributed by atoms with Gasteiger partial charge in [-0.3, -0.25) is 4.79 Å². The number of thiazole rings is 1. The minimum absolute atomic E-state index is 0.00521. The van der Waals surface area contributed by atoms with Crippen molar-refractivity contribution in [2.75, 3.05) is 0 Å². The van der Waals surface area contributed by atoms with Gasteiger partial charge in [0.2, 0.25) is 11.6 Å². The summed E-state index contributed by atoms with van der Waals surface area (Å²) in [6.07, 6.45) is 3.73. The van der Waals surface area contributed by atoms with E-state index in [0.29, 0.717) is 23.8 Å². The van der Waals surface area contributed by atoms with Gasteiger partial charge in [0.15, 0.2) is 18.4 Å². The summed E-state index contributed by atoms with van der Waals surface area (Å²) < 4.78 is 1.72.